The van der Waals surface area contributed by atoms with Crippen molar-refractivity contribution in [3.05, 3.63) is 87.6 Å². The van der Waals surface area contributed by atoms with Gasteiger partial charge in [0.2, 0.25) is 5.91 Å². The van der Waals surface area contributed by atoms with Crippen molar-refractivity contribution in [2.75, 3.05) is 13.1 Å². The first-order chi connectivity index (χ1) is 16.9. The Kier molecular flexibility index (Phi) is 7.84. The molecule has 0 radical (unpaired) electrons. The van der Waals surface area contributed by atoms with Gasteiger partial charge in [-0.1, -0.05) is 42.5 Å². The van der Waals surface area contributed by atoms with Crippen molar-refractivity contribution in [2.45, 2.75) is 31.3 Å². The summed E-state index contributed by atoms with van der Waals surface area (Å²) in [7, 11) is 0. The second kappa shape index (κ2) is 11.2. The van der Waals surface area contributed by atoms with E-state index in [1.807, 2.05) is 0 Å². The molecule has 35 heavy (non-hydrogen) atoms. The van der Waals surface area contributed by atoms with E-state index in [0.29, 0.717) is 18.7 Å². The Labute approximate surface area is 205 Å². The van der Waals surface area contributed by atoms with E-state index in [0.717, 1.165) is 23.4 Å². The fraction of sp³-hybridized carbons (Fsp3) is 0.280. The number of hydrazine groups is 1. The van der Waals surface area contributed by atoms with Crippen LogP contribution in [0.1, 0.15) is 51.5 Å². The predicted molar refractivity (Wildman–Crippen MR) is 128 cm³/mol. The van der Waals surface area contributed by atoms with Gasteiger partial charge in [0.1, 0.15) is 11.5 Å². The monoisotopic (exact) mass is 496 g/mol. The van der Waals surface area contributed by atoms with Crippen molar-refractivity contribution in [3.63, 3.8) is 0 Å². The maximum Gasteiger partial charge on any atom is 0.289 e. The van der Waals surface area contributed by atoms with Gasteiger partial charge in [0.05, 0.1) is 11.4 Å². The SMILES string of the molecule is O=C(NNC(=O)C(O)c1ccccc1)c1csc(C2CCN(C(=O)Cc3ccc(F)cc3)CC2)n1. The Morgan fingerprint density at radius 3 is 2.43 bits per heavy atom. The van der Waals surface area contributed by atoms with Gasteiger partial charge in [0.15, 0.2) is 6.10 Å². The third-order valence-corrected chi connectivity index (χ3v) is 6.89. The van der Waals surface area contributed by atoms with Crippen molar-refractivity contribution in [2.24, 2.45) is 0 Å². The highest BCUT2D eigenvalue weighted by atomic mass is 32.1. The molecule has 0 bridgehead atoms. The molecule has 8 nitrogen and oxygen atoms in total. The van der Waals surface area contributed by atoms with Gasteiger partial charge in [0, 0.05) is 24.4 Å². The van der Waals surface area contributed by atoms with Crippen LogP contribution in [0.4, 0.5) is 4.39 Å². The lowest BCUT2D eigenvalue weighted by Gasteiger charge is -2.31. The number of piperidine rings is 1. The van der Waals surface area contributed by atoms with Crippen molar-refractivity contribution in [1.29, 1.82) is 0 Å². The van der Waals surface area contributed by atoms with Gasteiger partial charge in [-0.25, -0.2) is 9.37 Å². The Balaban J connectivity index is 1.25. The number of hydrogen-bond donors (Lipinski definition) is 3. The zero-order valence-electron chi connectivity index (χ0n) is 18.8. The summed E-state index contributed by atoms with van der Waals surface area (Å²) in [6, 6.07) is 14.3. The largest absolute Gasteiger partial charge is 0.378 e. The van der Waals surface area contributed by atoms with E-state index in [-0.39, 0.29) is 29.8 Å². The van der Waals surface area contributed by atoms with Crippen LogP contribution in [0.3, 0.4) is 0 Å². The topological polar surface area (TPSA) is 112 Å². The molecular weight excluding hydrogens is 471 g/mol. The van der Waals surface area contributed by atoms with E-state index < -0.39 is 17.9 Å². The highest BCUT2D eigenvalue weighted by Crippen LogP contribution is 2.30. The molecule has 1 aromatic heterocycles. The number of amides is 3. The van der Waals surface area contributed by atoms with Crippen LogP contribution in [0.2, 0.25) is 0 Å². The molecule has 3 N–H and O–H groups in total. The molecule has 4 rings (SSSR count). The van der Waals surface area contributed by atoms with Gasteiger partial charge in [0.25, 0.3) is 11.8 Å². The van der Waals surface area contributed by atoms with Gasteiger partial charge in [-0.2, -0.15) is 0 Å². The molecule has 3 amide bonds. The lowest BCUT2D eigenvalue weighted by atomic mass is 9.97. The summed E-state index contributed by atoms with van der Waals surface area (Å²) >= 11 is 1.36. The van der Waals surface area contributed by atoms with E-state index in [4.69, 9.17) is 0 Å². The fourth-order valence-corrected chi connectivity index (χ4v) is 4.85. The number of aliphatic hydroxyl groups excluding tert-OH is 1. The molecule has 0 spiro atoms. The molecule has 1 saturated heterocycles. The highest BCUT2D eigenvalue weighted by molar-refractivity contribution is 7.09. The van der Waals surface area contributed by atoms with E-state index in [2.05, 4.69) is 15.8 Å². The predicted octanol–water partition coefficient (Wildman–Crippen LogP) is 2.73. The van der Waals surface area contributed by atoms with E-state index in [1.165, 1.54) is 23.5 Å². The zero-order valence-corrected chi connectivity index (χ0v) is 19.6. The van der Waals surface area contributed by atoms with Crippen LogP contribution < -0.4 is 10.9 Å². The van der Waals surface area contributed by atoms with E-state index in [9.17, 15) is 23.9 Å². The maximum atomic E-state index is 13.1. The van der Waals surface area contributed by atoms with Crippen LogP contribution in [0.25, 0.3) is 0 Å². The Morgan fingerprint density at radius 2 is 1.74 bits per heavy atom. The number of thiazole rings is 1. The molecule has 182 valence electrons. The normalized spacial score (nSPS) is 14.9. The van der Waals surface area contributed by atoms with Gasteiger partial charge >= 0.3 is 0 Å². The molecular formula is C25H25FN4O4S. The maximum absolute atomic E-state index is 13.1. The summed E-state index contributed by atoms with van der Waals surface area (Å²) in [5.41, 5.74) is 5.87. The summed E-state index contributed by atoms with van der Waals surface area (Å²) in [5, 5.41) is 12.5. The minimum absolute atomic E-state index is 0.00250. The molecule has 1 atom stereocenters. The number of benzene rings is 2. The zero-order chi connectivity index (χ0) is 24.8. The average Bonchev–Trinajstić information content (AvgIpc) is 3.39. The third kappa shape index (κ3) is 6.28. The first-order valence-electron chi connectivity index (χ1n) is 11.2. The number of aromatic nitrogens is 1. The molecule has 1 aliphatic rings. The first kappa shape index (κ1) is 24.5. The van der Waals surface area contributed by atoms with E-state index >= 15 is 0 Å². The number of hydrogen-bond acceptors (Lipinski definition) is 6. The lowest BCUT2D eigenvalue weighted by molar-refractivity contribution is -0.131. The minimum atomic E-state index is -1.40. The Morgan fingerprint density at radius 1 is 1.06 bits per heavy atom. The van der Waals surface area contributed by atoms with Gasteiger partial charge in [-0.05, 0) is 36.1 Å². The second-order valence-electron chi connectivity index (χ2n) is 8.29. The number of nitrogens with zero attached hydrogens (tertiary/aromatic N) is 2. The molecule has 0 aliphatic carbocycles. The standard InChI is InChI=1S/C25H25FN4O4S/c26-19-8-6-16(7-9-19)14-21(31)30-12-10-18(11-13-30)25-27-20(15-35-25)23(33)28-29-24(34)22(32)17-4-2-1-3-5-17/h1-9,15,18,22,32H,10-14H2,(H,28,33)(H,29,34). The average molecular weight is 497 g/mol. The molecule has 1 unspecified atom stereocenters. The summed E-state index contributed by atoms with van der Waals surface area (Å²) in [4.78, 5) is 43.3. The van der Waals surface area contributed by atoms with Crippen LogP contribution in [-0.2, 0) is 16.0 Å². The van der Waals surface area contributed by atoms with Crippen LogP contribution in [-0.4, -0.2) is 45.8 Å². The number of carbonyl (C=O) groups is 3. The van der Waals surface area contributed by atoms with Gasteiger partial charge < -0.3 is 10.0 Å². The van der Waals surface area contributed by atoms with Crippen molar-refractivity contribution in [3.8, 4) is 0 Å². The summed E-state index contributed by atoms with van der Waals surface area (Å²) in [6.45, 7) is 1.17. The Bertz CT molecular complexity index is 1180. The minimum Gasteiger partial charge on any atom is -0.378 e. The van der Waals surface area contributed by atoms with Crippen LogP contribution >= 0.6 is 11.3 Å². The second-order valence-corrected chi connectivity index (χ2v) is 9.18. The summed E-state index contributed by atoms with van der Waals surface area (Å²) < 4.78 is 13.1. The lowest BCUT2D eigenvalue weighted by Crippen LogP contribution is -2.44. The fourth-order valence-electron chi connectivity index (χ4n) is 3.88. The Hall–Kier alpha value is -3.63. The third-order valence-electron chi connectivity index (χ3n) is 5.88. The van der Waals surface area contributed by atoms with Crippen LogP contribution in [0, 0.1) is 5.82 Å². The van der Waals surface area contributed by atoms with Crippen molar-refractivity contribution in [1.82, 2.24) is 20.7 Å². The van der Waals surface area contributed by atoms with Gasteiger partial charge in [-0.15, -0.1) is 11.3 Å². The number of nitrogens with one attached hydrogen (secondary N) is 2. The molecule has 2 aromatic carbocycles. The summed E-state index contributed by atoms with van der Waals surface area (Å²) in [6.07, 6.45) is 0.281. The highest BCUT2D eigenvalue weighted by Gasteiger charge is 2.26. The molecule has 0 saturated carbocycles. The molecule has 2 heterocycles. The molecule has 1 fully saturated rings. The first-order valence-corrected chi connectivity index (χ1v) is 12.1. The molecule has 10 heteroatoms. The number of rotatable bonds is 6. The smallest absolute Gasteiger partial charge is 0.289 e. The summed E-state index contributed by atoms with van der Waals surface area (Å²) in [5.74, 6) is -1.52. The van der Waals surface area contributed by atoms with Crippen molar-refractivity contribution < 1.29 is 23.9 Å². The number of likely N-dealkylation sites (tertiary alicyclic amines) is 1. The number of halogens is 1. The number of aliphatic hydroxyl groups is 1. The molecule has 3 aromatic rings. The van der Waals surface area contributed by atoms with Crippen LogP contribution in [0.15, 0.2) is 60.0 Å². The molecule has 1 aliphatic heterocycles. The van der Waals surface area contributed by atoms with E-state index in [1.54, 1.807) is 52.7 Å². The van der Waals surface area contributed by atoms with Crippen LogP contribution in [0.5, 0.6) is 0 Å². The van der Waals surface area contributed by atoms with Crippen molar-refractivity contribution >= 4 is 29.1 Å². The van der Waals surface area contributed by atoms with Gasteiger partial charge in [-0.3, -0.25) is 25.2 Å². The quantitative estimate of drug-likeness (QED) is 0.455. The number of carbonyl (C=O) groups excluding carboxylic acids is 3.